The molecule has 1 saturated heterocycles. The van der Waals surface area contributed by atoms with Gasteiger partial charge in [0.2, 0.25) is 6.10 Å². The monoisotopic (exact) mass is 367 g/mol. The van der Waals surface area contributed by atoms with Crippen molar-refractivity contribution in [3.63, 3.8) is 0 Å². The molecular weight excluding hydrogens is 342 g/mol. The summed E-state index contributed by atoms with van der Waals surface area (Å²) < 4.78 is 7.34. The number of esters is 1. The lowest BCUT2D eigenvalue weighted by Gasteiger charge is -2.23. The largest absolute Gasteiger partial charge is 0.444 e. The quantitative estimate of drug-likeness (QED) is 0.602. The molecule has 0 aliphatic carbocycles. The number of carbonyl (C=O) groups is 2. The molecule has 27 heavy (non-hydrogen) atoms. The average Bonchev–Trinajstić information content (AvgIpc) is 3.28. The average molecular weight is 367 g/mol. The second-order valence-electron chi connectivity index (χ2n) is 6.80. The Balaban J connectivity index is 1.78. The van der Waals surface area contributed by atoms with Crippen LogP contribution in [0.25, 0.3) is 6.08 Å². The molecule has 1 aliphatic heterocycles. The van der Waals surface area contributed by atoms with Crippen LogP contribution in [0.3, 0.4) is 0 Å². The highest BCUT2D eigenvalue weighted by Gasteiger charge is 2.30. The van der Waals surface area contributed by atoms with Gasteiger partial charge >= 0.3 is 5.97 Å². The van der Waals surface area contributed by atoms with Gasteiger partial charge in [-0.3, -0.25) is 9.48 Å². The van der Waals surface area contributed by atoms with E-state index in [0.29, 0.717) is 18.7 Å². The van der Waals surface area contributed by atoms with E-state index in [1.165, 1.54) is 6.08 Å². The van der Waals surface area contributed by atoms with E-state index < -0.39 is 12.1 Å². The number of carbonyl (C=O) groups excluding carboxylic acids is 2. The highest BCUT2D eigenvalue weighted by Crippen LogP contribution is 2.23. The molecule has 1 fully saturated rings. The van der Waals surface area contributed by atoms with Gasteiger partial charge in [-0.05, 0) is 32.8 Å². The zero-order valence-electron chi connectivity index (χ0n) is 16.0. The van der Waals surface area contributed by atoms with Crippen molar-refractivity contribution in [1.29, 1.82) is 0 Å². The second kappa shape index (κ2) is 8.20. The predicted molar refractivity (Wildman–Crippen MR) is 103 cm³/mol. The number of benzene rings is 1. The number of aromatic nitrogens is 2. The number of aryl methyl sites for hydroxylation is 2. The lowest BCUT2D eigenvalue weighted by molar-refractivity contribution is -0.156. The summed E-state index contributed by atoms with van der Waals surface area (Å²) in [6, 6.07) is 9.17. The first-order chi connectivity index (χ1) is 13.0. The summed E-state index contributed by atoms with van der Waals surface area (Å²) in [4.78, 5) is 27.1. The van der Waals surface area contributed by atoms with E-state index in [2.05, 4.69) is 5.10 Å². The van der Waals surface area contributed by atoms with Crippen molar-refractivity contribution in [3.8, 4) is 0 Å². The molecule has 0 bridgehead atoms. The van der Waals surface area contributed by atoms with E-state index in [0.717, 1.165) is 29.8 Å². The summed E-state index contributed by atoms with van der Waals surface area (Å²) in [7, 11) is 1.86. The van der Waals surface area contributed by atoms with E-state index >= 15 is 0 Å². The van der Waals surface area contributed by atoms with Crippen LogP contribution in [0.1, 0.15) is 41.5 Å². The van der Waals surface area contributed by atoms with Crippen molar-refractivity contribution in [1.82, 2.24) is 14.7 Å². The number of likely N-dealkylation sites (tertiary alicyclic amines) is 1. The maximum absolute atomic E-state index is 12.9. The van der Waals surface area contributed by atoms with Gasteiger partial charge in [0.1, 0.15) is 0 Å². The molecule has 3 rings (SSSR count). The fraction of sp³-hybridized carbons (Fsp3) is 0.381. The highest BCUT2D eigenvalue weighted by molar-refractivity contribution is 5.91. The number of hydrogen-bond acceptors (Lipinski definition) is 4. The Bertz CT molecular complexity index is 849. The molecular formula is C21H25N3O3. The van der Waals surface area contributed by atoms with Crippen molar-refractivity contribution in [2.75, 3.05) is 13.1 Å². The zero-order chi connectivity index (χ0) is 19.4. The molecule has 1 aromatic carbocycles. The van der Waals surface area contributed by atoms with Crippen LogP contribution in [0.4, 0.5) is 0 Å². The molecule has 0 saturated carbocycles. The Morgan fingerprint density at radius 3 is 2.41 bits per heavy atom. The molecule has 1 aromatic heterocycles. The van der Waals surface area contributed by atoms with Crippen LogP contribution in [0, 0.1) is 13.8 Å². The minimum atomic E-state index is -0.919. The first kappa shape index (κ1) is 18.9. The third-order valence-electron chi connectivity index (χ3n) is 4.93. The lowest BCUT2D eigenvalue weighted by Crippen LogP contribution is -2.34. The summed E-state index contributed by atoms with van der Waals surface area (Å²) in [6.45, 7) is 5.25. The topological polar surface area (TPSA) is 64.4 Å². The lowest BCUT2D eigenvalue weighted by atomic mass is 10.1. The van der Waals surface area contributed by atoms with Gasteiger partial charge in [-0.1, -0.05) is 30.3 Å². The zero-order valence-corrected chi connectivity index (χ0v) is 16.0. The number of ether oxygens (including phenoxy) is 1. The van der Waals surface area contributed by atoms with Crippen molar-refractivity contribution < 1.29 is 14.3 Å². The SMILES string of the molecule is Cc1nn(C)c(C)c1/C=C/C(=O)O[C@@H](C(=O)N1CCCC1)c1ccccc1. The standard InChI is InChI=1S/C21H25N3O3/c1-15-18(16(2)23(3)22-15)11-12-19(25)27-20(17-9-5-4-6-10-17)21(26)24-13-7-8-14-24/h4-6,9-12,20H,7-8,13-14H2,1-3H3/b12-11+/t20-/m1/s1. The van der Waals surface area contributed by atoms with Crippen LogP contribution < -0.4 is 0 Å². The molecule has 0 unspecified atom stereocenters. The second-order valence-corrected chi connectivity index (χ2v) is 6.80. The predicted octanol–water partition coefficient (Wildman–Crippen LogP) is 2.96. The van der Waals surface area contributed by atoms with Gasteiger partial charge in [-0.15, -0.1) is 0 Å². The number of rotatable bonds is 5. The third kappa shape index (κ3) is 4.27. The van der Waals surface area contributed by atoms with E-state index in [1.807, 2.05) is 51.2 Å². The van der Waals surface area contributed by atoms with Gasteiger partial charge in [0.05, 0.1) is 5.69 Å². The van der Waals surface area contributed by atoms with Crippen LogP contribution in [0.15, 0.2) is 36.4 Å². The third-order valence-corrected chi connectivity index (χ3v) is 4.93. The molecule has 1 aliphatic rings. The Morgan fingerprint density at radius 1 is 1.15 bits per heavy atom. The van der Waals surface area contributed by atoms with E-state index in [-0.39, 0.29) is 5.91 Å². The Hall–Kier alpha value is -2.89. The van der Waals surface area contributed by atoms with Gasteiger partial charge in [0.25, 0.3) is 5.91 Å². The van der Waals surface area contributed by atoms with Crippen LogP contribution >= 0.6 is 0 Å². The van der Waals surface area contributed by atoms with E-state index in [9.17, 15) is 9.59 Å². The molecule has 0 N–H and O–H groups in total. The van der Waals surface area contributed by atoms with Crippen LogP contribution in [-0.4, -0.2) is 39.6 Å². The molecule has 0 radical (unpaired) electrons. The van der Waals surface area contributed by atoms with Crippen molar-refractivity contribution in [2.45, 2.75) is 32.8 Å². The van der Waals surface area contributed by atoms with Gasteiger partial charge < -0.3 is 9.64 Å². The molecule has 6 nitrogen and oxygen atoms in total. The van der Waals surface area contributed by atoms with Gasteiger partial charge in [-0.25, -0.2) is 4.79 Å². The maximum Gasteiger partial charge on any atom is 0.331 e. The first-order valence-electron chi connectivity index (χ1n) is 9.20. The summed E-state index contributed by atoms with van der Waals surface area (Å²) in [5, 5.41) is 4.33. The van der Waals surface area contributed by atoms with Crippen molar-refractivity contribution in [3.05, 3.63) is 58.9 Å². The number of hydrogen-bond donors (Lipinski definition) is 0. The van der Waals surface area contributed by atoms with Gasteiger partial charge in [0.15, 0.2) is 0 Å². The molecule has 2 aromatic rings. The summed E-state index contributed by atoms with van der Waals surface area (Å²) in [5.41, 5.74) is 3.37. The van der Waals surface area contributed by atoms with Crippen molar-refractivity contribution >= 4 is 18.0 Å². The summed E-state index contributed by atoms with van der Waals surface area (Å²) in [6.07, 6.45) is 4.12. The van der Waals surface area contributed by atoms with Gasteiger partial charge in [0, 0.05) is 43.0 Å². The van der Waals surface area contributed by atoms with Gasteiger partial charge in [-0.2, -0.15) is 5.10 Å². The summed E-state index contributed by atoms with van der Waals surface area (Å²) in [5.74, 6) is -0.701. The Kier molecular flexibility index (Phi) is 5.74. The molecule has 1 amide bonds. The van der Waals surface area contributed by atoms with E-state index in [4.69, 9.17) is 4.74 Å². The first-order valence-corrected chi connectivity index (χ1v) is 9.20. The summed E-state index contributed by atoms with van der Waals surface area (Å²) >= 11 is 0. The highest BCUT2D eigenvalue weighted by atomic mass is 16.5. The fourth-order valence-electron chi connectivity index (χ4n) is 3.33. The molecule has 1 atom stereocenters. The van der Waals surface area contributed by atoms with Crippen LogP contribution in [0.2, 0.25) is 0 Å². The minimum Gasteiger partial charge on any atom is -0.444 e. The number of amides is 1. The Labute approximate surface area is 159 Å². The normalized spacial score (nSPS) is 15.3. The fourth-order valence-corrected chi connectivity index (χ4v) is 3.33. The minimum absolute atomic E-state index is 0.158. The maximum atomic E-state index is 12.9. The Morgan fingerprint density at radius 2 is 1.81 bits per heavy atom. The van der Waals surface area contributed by atoms with Crippen LogP contribution in [0.5, 0.6) is 0 Å². The van der Waals surface area contributed by atoms with E-state index in [1.54, 1.807) is 15.7 Å². The van der Waals surface area contributed by atoms with Crippen molar-refractivity contribution in [2.24, 2.45) is 7.05 Å². The molecule has 142 valence electrons. The molecule has 2 heterocycles. The molecule has 0 spiro atoms. The smallest absolute Gasteiger partial charge is 0.331 e. The van der Waals surface area contributed by atoms with Crippen LogP contribution in [-0.2, 0) is 21.4 Å². The molecule has 6 heteroatoms. The number of nitrogens with zero attached hydrogens (tertiary/aromatic N) is 3.